The van der Waals surface area contributed by atoms with E-state index in [2.05, 4.69) is 22.1 Å². The molecule has 0 saturated carbocycles. The summed E-state index contributed by atoms with van der Waals surface area (Å²) in [5.41, 5.74) is 1.37. The van der Waals surface area contributed by atoms with Crippen LogP contribution in [0.3, 0.4) is 0 Å². The number of rotatable bonds is 3. The van der Waals surface area contributed by atoms with Crippen molar-refractivity contribution in [2.24, 2.45) is 0 Å². The first-order valence-electron chi connectivity index (χ1n) is 6.93. The fraction of sp³-hybridized carbons (Fsp3) is 0.333. The third-order valence-electron chi connectivity index (χ3n) is 3.56. The van der Waals surface area contributed by atoms with E-state index in [0.717, 1.165) is 31.7 Å². The van der Waals surface area contributed by atoms with Gasteiger partial charge in [0.15, 0.2) is 5.13 Å². The van der Waals surface area contributed by atoms with Crippen molar-refractivity contribution in [2.75, 3.05) is 18.4 Å². The third-order valence-corrected chi connectivity index (χ3v) is 4.56. The average molecular weight is 342 g/mol. The van der Waals surface area contributed by atoms with Crippen LogP contribution in [-0.2, 0) is 13.0 Å². The molecule has 0 saturated heterocycles. The molecule has 3 rings (SSSR count). The van der Waals surface area contributed by atoms with Crippen LogP contribution < -0.4 is 5.32 Å². The number of hydrogen-bond donors (Lipinski definition) is 1. The highest BCUT2D eigenvalue weighted by atomic mass is 35.5. The van der Waals surface area contributed by atoms with Gasteiger partial charge in [-0.25, -0.2) is 9.37 Å². The summed E-state index contributed by atoms with van der Waals surface area (Å²) < 4.78 is 13.1. The lowest BCUT2D eigenvalue weighted by atomic mass is 10.2. The number of thiazole rings is 1. The molecule has 4 nitrogen and oxygen atoms in total. The normalized spacial score (nSPS) is 14.1. The summed E-state index contributed by atoms with van der Waals surface area (Å²) in [6.07, 6.45) is 0.912. The molecular weight excluding hydrogens is 325 g/mol. The summed E-state index contributed by atoms with van der Waals surface area (Å²) in [6, 6.07) is 5.65. The summed E-state index contributed by atoms with van der Waals surface area (Å²) in [7, 11) is 0. The third kappa shape index (κ3) is 3.63. The Hall–Kier alpha value is -1.50. The number of benzene rings is 1. The first-order valence-corrected chi connectivity index (χ1v) is 7.75. The first kappa shape index (κ1) is 16.9. The van der Waals surface area contributed by atoms with Crippen LogP contribution in [0.1, 0.15) is 27.9 Å². The minimum atomic E-state index is -0.417. The van der Waals surface area contributed by atoms with E-state index in [-0.39, 0.29) is 18.3 Å². The van der Waals surface area contributed by atoms with Gasteiger partial charge in [0.05, 0.1) is 5.69 Å². The van der Waals surface area contributed by atoms with Gasteiger partial charge < -0.3 is 0 Å². The number of likely N-dealkylation sites (N-methyl/N-ethyl adjacent to an activating group) is 1. The van der Waals surface area contributed by atoms with Crippen molar-refractivity contribution in [1.29, 1.82) is 0 Å². The number of carbonyl (C=O) groups is 1. The second-order valence-corrected chi connectivity index (χ2v) is 6.06. The summed E-state index contributed by atoms with van der Waals surface area (Å²) >= 11 is 1.50. The number of hydrogen-bond acceptors (Lipinski definition) is 4. The van der Waals surface area contributed by atoms with Gasteiger partial charge in [0.25, 0.3) is 5.91 Å². The second-order valence-electron chi connectivity index (χ2n) is 4.97. The molecule has 1 amide bonds. The molecule has 1 aromatic carbocycles. The fourth-order valence-electron chi connectivity index (χ4n) is 2.37. The van der Waals surface area contributed by atoms with Gasteiger partial charge in [-0.2, -0.15) is 0 Å². The number of carbonyl (C=O) groups excluding carboxylic acids is 1. The minimum Gasteiger partial charge on any atom is -0.298 e. The molecule has 0 spiro atoms. The van der Waals surface area contributed by atoms with E-state index in [1.54, 1.807) is 6.07 Å². The highest BCUT2D eigenvalue weighted by Gasteiger charge is 2.20. The van der Waals surface area contributed by atoms with Crippen molar-refractivity contribution in [2.45, 2.75) is 19.9 Å². The van der Waals surface area contributed by atoms with Gasteiger partial charge in [-0.05, 0) is 24.7 Å². The molecule has 0 fully saturated rings. The lowest BCUT2D eigenvalue weighted by Crippen LogP contribution is -2.29. The zero-order valence-electron chi connectivity index (χ0n) is 12.1. The lowest BCUT2D eigenvalue weighted by Gasteiger charge is -2.23. The van der Waals surface area contributed by atoms with Crippen LogP contribution in [0.25, 0.3) is 0 Å². The van der Waals surface area contributed by atoms with E-state index in [0.29, 0.717) is 10.7 Å². The maximum atomic E-state index is 13.1. The van der Waals surface area contributed by atoms with Gasteiger partial charge in [0.1, 0.15) is 5.82 Å². The second kappa shape index (κ2) is 7.17. The molecule has 0 bridgehead atoms. The lowest BCUT2D eigenvalue weighted by molar-refractivity contribution is 0.102. The van der Waals surface area contributed by atoms with Gasteiger partial charge in [-0.3, -0.25) is 15.0 Å². The Kier molecular flexibility index (Phi) is 5.50. The number of nitrogens with one attached hydrogen (secondary N) is 1. The van der Waals surface area contributed by atoms with Crippen molar-refractivity contribution in [3.8, 4) is 0 Å². The molecule has 22 heavy (non-hydrogen) atoms. The van der Waals surface area contributed by atoms with Gasteiger partial charge in [-0.15, -0.1) is 23.7 Å². The number of fused-ring (bicyclic) bond motifs is 1. The maximum absolute atomic E-state index is 13.1. The number of nitrogens with zero attached hydrogens (tertiary/aromatic N) is 2. The number of halogens is 2. The standard InChI is InChI=1S/C15H16FN3OS.ClH/c1-2-19-7-6-12-13(9-19)21-15(17-12)18-14(20)10-4-3-5-11(16)8-10;/h3-5,8H,2,6-7,9H2,1H3,(H,17,18,20);1H. The van der Waals surface area contributed by atoms with Crippen molar-refractivity contribution in [3.63, 3.8) is 0 Å². The number of amides is 1. The molecule has 1 aromatic heterocycles. The Labute approximate surface area is 138 Å². The van der Waals surface area contributed by atoms with E-state index < -0.39 is 5.82 Å². The Morgan fingerprint density at radius 2 is 2.32 bits per heavy atom. The SMILES string of the molecule is CCN1CCc2nc(NC(=O)c3cccc(F)c3)sc2C1.Cl. The zero-order chi connectivity index (χ0) is 14.8. The van der Waals surface area contributed by atoms with Crippen LogP contribution >= 0.6 is 23.7 Å². The molecule has 0 atom stereocenters. The van der Waals surface area contributed by atoms with Gasteiger partial charge in [0, 0.05) is 30.0 Å². The van der Waals surface area contributed by atoms with Crippen molar-refractivity contribution >= 4 is 34.8 Å². The summed E-state index contributed by atoms with van der Waals surface area (Å²) in [4.78, 5) is 20.1. The Bertz CT molecular complexity index is 677. The average Bonchev–Trinajstić information content (AvgIpc) is 2.88. The van der Waals surface area contributed by atoms with Crippen molar-refractivity contribution < 1.29 is 9.18 Å². The molecule has 0 radical (unpaired) electrons. The Morgan fingerprint density at radius 3 is 3.05 bits per heavy atom. The summed E-state index contributed by atoms with van der Waals surface area (Å²) in [5.74, 6) is -0.743. The molecule has 2 heterocycles. The Morgan fingerprint density at radius 1 is 1.50 bits per heavy atom. The molecule has 0 unspecified atom stereocenters. The van der Waals surface area contributed by atoms with E-state index >= 15 is 0 Å². The smallest absolute Gasteiger partial charge is 0.257 e. The van der Waals surface area contributed by atoms with Crippen LogP contribution in [0.15, 0.2) is 24.3 Å². The molecule has 7 heteroatoms. The Balaban J connectivity index is 0.00000176. The van der Waals surface area contributed by atoms with Crippen molar-refractivity contribution in [1.82, 2.24) is 9.88 Å². The molecule has 1 N–H and O–H groups in total. The minimum absolute atomic E-state index is 0. The van der Waals surface area contributed by atoms with Crippen LogP contribution in [0, 0.1) is 5.82 Å². The predicted octanol–water partition coefficient (Wildman–Crippen LogP) is 3.33. The highest BCUT2D eigenvalue weighted by molar-refractivity contribution is 7.15. The van der Waals surface area contributed by atoms with Crippen LogP contribution in [0.4, 0.5) is 9.52 Å². The molecular formula is C15H17ClFN3OS. The van der Waals surface area contributed by atoms with Crippen LogP contribution in [0.2, 0.25) is 0 Å². The van der Waals surface area contributed by atoms with Gasteiger partial charge in [-0.1, -0.05) is 13.0 Å². The van der Waals surface area contributed by atoms with Crippen LogP contribution in [-0.4, -0.2) is 28.9 Å². The van der Waals surface area contributed by atoms with Gasteiger partial charge >= 0.3 is 0 Å². The quantitative estimate of drug-likeness (QED) is 0.931. The van der Waals surface area contributed by atoms with E-state index in [4.69, 9.17) is 0 Å². The monoisotopic (exact) mass is 341 g/mol. The van der Waals surface area contributed by atoms with E-state index in [9.17, 15) is 9.18 Å². The molecule has 0 aliphatic carbocycles. The number of aromatic nitrogens is 1. The summed E-state index contributed by atoms with van der Waals surface area (Å²) in [6.45, 7) is 5.05. The van der Waals surface area contributed by atoms with Gasteiger partial charge in [0.2, 0.25) is 0 Å². The van der Waals surface area contributed by atoms with Crippen molar-refractivity contribution in [3.05, 3.63) is 46.2 Å². The zero-order valence-corrected chi connectivity index (χ0v) is 13.8. The maximum Gasteiger partial charge on any atom is 0.257 e. The van der Waals surface area contributed by atoms with E-state index in [1.807, 2.05) is 0 Å². The summed E-state index contributed by atoms with van der Waals surface area (Å²) in [5, 5.41) is 3.35. The largest absolute Gasteiger partial charge is 0.298 e. The molecule has 118 valence electrons. The molecule has 2 aromatic rings. The molecule has 1 aliphatic heterocycles. The first-order chi connectivity index (χ1) is 10.2. The topological polar surface area (TPSA) is 45.2 Å². The fourth-order valence-corrected chi connectivity index (χ4v) is 3.42. The van der Waals surface area contributed by atoms with E-state index in [1.165, 1.54) is 34.4 Å². The van der Waals surface area contributed by atoms with Crippen LogP contribution in [0.5, 0.6) is 0 Å². The molecule has 1 aliphatic rings. The number of anilines is 1. The highest BCUT2D eigenvalue weighted by Crippen LogP contribution is 2.28. The predicted molar refractivity (Wildman–Crippen MR) is 88.4 cm³/mol.